The van der Waals surface area contributed by atoms with E-state index in [1.54, 1.807) is 9.80 Å². The Kier molecular flexibility index (Phi) is 19.1. The lowest BCUT2D eigenvalue weighted by Crippen LogP contribution is -2.46. The molecule has 0 unspecified atom stereocenters. The SMILES string of the molecule is CC(C)(C)OC(=O)CN(CCN(CCN(CCN(CC(=O)OC(C)(C)C)CC(=O)OC(C)(C)C)Cc1ccccc1)Cc1ccccc1)CC(=O)OC(C)(C)C. The Morgan fingerprint density at radius 3 is 0.804 bits per heavy atom. The summed E-state index contributed by atoms with van der Waals surface area (Å²) >= 11 is 0. The fourth-order valence-electron chi connectivity index (χ4n) is 5.73. The zero-order chi connectivity index (χ0) is 42.2. The van der Waals surface area contributed by atoms with Crippen molar-refractivity contribution in [2.45, 2.75) is 119 Å². The van der Waals surface area contributed by atoms with Crippen molar-refractivity contribution in [1.82, 2.24) is 19.6 Å². The number of carbonyl (C=O) groups is 4. The van der Waals surface area contributed by atoms with Crippen LogP contribution in [0.25, 0.3) is 0 Å². The van der Waals surface area contributed by atoms with Gasteiger partial charge in [0.15, 0.2) is 0 Å². The van der Waals surface area contributed by atoms with Crippen molar-refractivity contribution in [3.05, 3.63) is 71.8 Å². The lowest BCUT2D eigenvalue weighted by atomic mass is 10.2. The predicted molar refractivity (Wildman–Crippen MR) is 220 cm³/mol. The molecule has 56 heavy (non-hydrogen) atoms. The van der Waals surface area contributed by atoms with E-state index >= 15 is 0 Å². The van der Waals surface area contributed by atoms with Crippen LogP contribution in [0.2, 0.25) is 0 Å². The number of hydrogen-bond acceptors (Lipinski definition) is 12. The summed E-state index contributed by atoms with van der Waals surface area (Å²) in [5.74, 6) is -1.64. The molecule has 0 fully saturated rings. The van der Waals surface area contributed by atoms with Crippen LogP contribution in [0.5, 0.6) is 0 Å². The van der Waals surface area contributed by atoms with Crippen molar-refractivity contribution >= 4 is 23.9 Å². The second kappa shape index (κ2) is 22.2. The maximum absolute atomic E-state index is 13.0. The van der Waals surface area contributed by atoms with E-state index in [-0.39, 0.29) is 26.2 Å². The Balaban J connectivity index is 2.33. The first-order valence-corrected chi connectivity index (χ1v) is 19.7. The molecule has 0 bridgehead atoms. The third kappa shape index (κ3) is 23.9. The van der Waals surface area contributed by atoms with E-state index in [1.165, 1.54) is 0 Å². The smallest absolute Gasteiger partial charge is 0.320 e. The predicted octanol–water partition coefficient (Wildman–Crippen LogP) is 5.96. The molecule has 0 aliphatic rings. The molecule has 0 atom stereocenters. The minimum atomic E-state index is -0.661. The van der Waals surface area contributed by atoms with Gasteiger partial charge in [-0.15, -0.1) is 0 Å². The molecule has 12 heteroatoms. The van der Waals surface area contributed by atoms with Gasteiger partial charge in [-0.05, 0) is 94.2 Å². The van der Waals surface area contributed by atoms with Crippen LogP contribution in [0.1, 0.15) is 94.2 Å². The Morgan fingerprint density at radius 2 is 0.589 bits per heavy atom. The molecule has 0 saturated heterocycles. The van der Waals surface area contributed by atoms with Crippen molar-refractivity contribution in [2.24, 2.45) is 0 Å². The Bertz CT molecular complexity index is 1320. The third-order valence-corrected chi connectivity index (χ3v) is 7.79. The maximum Gasteiger partial charge on any atom is 0.320 e. The van der Waals surface area contributed by atoms with E-state index in [0.717, 1.165) is 11.1 Å². The molecule has 314 valence electrons. The van der Waals surface area contributed by atoms with Crippen LogP contribution in [-0.2, 0) is 51.2 Å². The van der Waals surface area contributed by atoms with E-state index in [4.69, 9.17) is 18.9 Å². The van der Waals surface area contributed by atoms with Crippen LogP contribution in [0, 0.1) is 0 Å². The van der Waals surface area contributed by atoms with Crippen molar-refractivity contribution in [1.29, 1.82) is 0 Å². The Labute approximate surface area is 336 Å². The topological polar surface area (TPSA) is 118 Å². The molecule has 2 aromatic carbocycles. The van der Waals surface area contributed by atoms with Gasteiger partial charge in [0.1, 0.15) is 22.4 Å². The molecule has 0 heterocycles. The molecule has 0 saturated carbocycles. The quantitative estimate of drug-likeness (QED) is 0.110. The van der Waals surface area contributed by atoms with Gasteiger partial charge in [0.05, 0.1) is 26.2 Å². The second-order valence-corrected chi connectivity index (χ2v) is 18.3. The van der Waals surface area contributed by atoms with Crippen molar-refractivity contribution in [2.75, 3.05) is 65.4 Å². The highest BCUT2D eigenvalue weighted by molar-refractivity contribution is 5.76. The summed E-state index contributed by atoms with van der Waals surface area (Å²) in [7, 11) is 0. The summed E-state index contributed by atoms with van der Waals surface area (Å²) < 4.78 is 22.5. The number of nitrogens with zero attached hydrogens (tertiary/aromatic N) is 4. The summed E-state index contributed by atoms with van der Waals surface area (Å²) in [6.45, 7) is 26.2. The van der Waals surface area contributed by atoms with Crippen LogP contribution < -0.4 is 0 Å². The average Bonchev–Trinajstić information content (AvgIpc) is 3.01. The van der Waals surface area contributed by atoms with Crippen LogP contribution in [-0.4, -0.2) is 131 Å². The van der Waals surface area contributed by atoms with E-state index in [1.807, 2.05) is 119 Å². The number of ether oxygens (including phenoxy) is 4. The maximum atomic E-state index is 13.0. The van der Waals surface area contributed by atoms with Gasteiger partial charge in [-0.2, -0.15) is 0 Å². The lowest BCUT2D eigenvalue weighted by molar-refractivity contribution is -0.162. The van der Waals surface area contributed by atoms with Gasteiger partial charge in [0.2, 0.25) is 0 Å². The molecule has 12 nitrogen and oxygen atoms in total. The zero-order valence-electron chi connectivity index (χ0n) is 36.3. The van der Waals surface area contributed by atoms with E-state index in [9.17, 15) is 19.2 Å². The second-order valence-electron chi connectivity index (χ2n) is 18.3. The monoisotopic (exact) mass is 783 g/mol. The van der Waals surface area contributed by atoms with Gasteiger partial charge in [-0.25, -0.2) is 0 Å². The zero-order valence-corrected chi connectivity index (χ0v) is 36.3. The molecule has 2 rings (SSSR count). The summed E-state index contributed by atoms with van der Waals surface area (Å²) in [6, 6.07) is 20.3. The van der Waals surface area contributed by atoms with Crippen molar-refractivity contribution in [3.8, 4) is 0 Å². The number of rotatable bonds is 21. The number of carbonyl (C=O) groups excluding carboxylic acids is 4. The molecule has 0 aliphatic heterocycles. The molecule has 0 radical (unpaired) electrons. The standard InChI is InChI=1S/C44H70N4O8/c1-41(2,3)53-37(49)31-47(32-38(50)54-42(4,5)6)27-25-45(29-35-19-15-13-16-20-35)23-24-46(30-36-21-17-14-18-22-36)26-28-48(33-39(51)55-43(7,8)9)34-40(52)56-44(10,11)12/h13-22H,23-34H2,1-12H3. The molecule has 0 spiro atoms. The highest BCUT2D eigenvalue weighted by atomic mass is 16.6. The molecule has 0 aliphatic carbocycles. The molecule has 0 amide bonds. The molecule has 2 aromatic rings. The minimum Gasteiger partial charge on any atom is -0.459 e. The van der Waals surface area contributed by atoms with Crippen molar-refractivity contribution < 1.29 is 38.1 Å². The number of benzene rings is 2. The highest BCUT2D eigenvalue weighted by Gasteiger charge is 2.26. The normalized spacial score (nSPS) is 12.6. The molecule has 0 aromatic heterocycles. The number of hydrogen-bond donors (Lipinski definition) is 0. The summed E-state index contributed by atoms with van der Waals surface area (Å²) in [5, 5.41) is 0. The van der Waals surface area contributed by atoms with Crippen molar-refractivity contribution in [3.63, 3.8) is 0 Å². The molecule has 0 N–H and O–H groups in total. The first kappa shape index (κ1) is 48.3. The van der Waals surface area contributed by atoms with E-state index < -0.39 is 46.3 Å². The summed E-state index contributed by atoms with van der Waals surface area (Å²) in [5.41, 5.74) is -0.378. The van der Waals surface area contributed by atoms with Crippen LogP contribution in [0.4, 0.5) is 0 Å². The average molecular weight is 783 g/mol. The molecular formula is C44H70N4O8. The summed E-state index contributed by atoms with van der Waals surface area (Å²) in [6.07, 6.45) is 0. The largest absolute Gasteiger partial charge is 0.459 e. The summed E-state index contributed by atoms with van der Waals surface area (Å²) in [4.78, 5) is 60.0. The third-order valence-electron chi connectivity index (χ3n) is 7.79. The van der Waals surface area contributed by atoms with Gasteiger partial charge in [-0.3, -0.25) is 38.8 Å². The Morgan fingerprint density at radius 1 is 0.375 bits per heavy atom. The first-order valence-electron chi connectivity index (χ1n) is 19.7. The van der Waals surface area contributed by atoms with Gasteiger partial charge < -0.3 is 18.9 Å². The highest BCUT2D eigenvalue weighted by Crippen LogP contribution is 2.14. The van der Waals surface area contributed by atoms with Crippen LogP contribution >= 0.6 is 0 Å². The fourth-order valence-corrected chi connectivity index (χ4v) is 5.73. The van der Waals surface area contributed by atoms with Gasteiger partial charge >= 0.3 is 23.9 Å². The lowest BCUT2D eigenvalue weighted by Gasteiger charge is -2.32. The van der Waals surface area contributed by atoms with Gasteiger partial charge in [0.25, 0.3) is 0 Å². The number of esters is 4. The fraction of sp³-hybridized carbons (Fsp3) is 0.636. The van der Waals surface area contributed by atoms with E-state index in [0.29, 0.717) is 52.4 Å². The van der Waals surface area contributed by atoms with Crippen LogP contribution in [0.3, 0.4) is 0 Å². The Hall–Kier alpha value is -3.84. The van der Waals surface area contributed by atoms with Crippen LogP contribution in [0.15, 0.2) is 60.7 Å². The minimum absolute atomic E-state index is 0.0546. The first-order chi connectivity index (χ1) is 25.8. The van der Waals surface area contributed by atoms with Gasteiger partial charge in [-0.1, -0.05) is 60.7 Å². The van der Waals surface area contributed by atoms with E-state index in [2.05, 4.69) is 34.1 Å². The molecular weight excluding hydrogens is 713 g/mol. The van der Waals surface area contributed by atoms with Gasteiger partial charge in [0, 0.05) is 52.4 Å².